The molecule has 6 rings (SSSR count). The fourth-order valence-electron chi connectivity index (χ4n) is 5.02. The highest BCUT2D eigenvalue weighted by Gasteiger charge is 2.28. The molecule has 5 aromatic rings. The van der Waals surface area contributed by atoms with Crippen LogP contribution in [0.15, 0.2) is 63.0 Å². The van der Waals surface area contributed by atoms with Gasteiger partial charge >= 0.3 is 0 Å². The molecular formula is C28H25FN4O3S2. The summed E-state index contributed by atoms with van der Waals surface area (Å²) >= 11 is 2.79. The lowest BCUT2D eigenvalue weighted by atomic mass is 9.91. The van der Waals surface area contributed by atoms with Crippen molar-refractivity contribution in [3.63, 3.8) is 0 Å². The molecule has 1 aliphatic heterocycles. The van der Waals surface area contributed by atoms with Crippen molar-refractivity contribution in [3.05, 3.63) is 80.8 Å². The van der Waals surface area contributed by atoms with Crippen molar-refractivity contribution in [1.29, 1.82) is 0 Å². The SMILES string of the molecule is Cc1sc2nc(SCC(=O)N3CCC(c4noc5ccc(F)cc45)CC3)n(-c3ccccc3)c(=O)c2c1C. The molecule has 3 aromatic heterocycles. The summed E-state index contributed by atoms with van der Waals surface area (Å²) in [6.45, 7) is 5.10. The van der Waals surface area contributed by atoms with Gasteiger partial charge in [0.15, 0.2) is 10.7 Å². The largest absolute Gasteiger partial charge is 0.356 e. The third-order valence-corrected chi connectivity index (χ3v) is 9.23. The summed E-state index contributed by atoms with van der Waals surface area (Å²) in [4.78, 5) is 35.2. The van der Waals surface area contributed by atoms with Gasteiger partial charge in [0.25, 0.3) is 5.56 Å². The first-order chi connectivity index (χ1) is 18.4. The highest BCUT2D eigenvalue weighted by Crippen LogP contribution is 2.34. The Labute approximate surface area is 226 Å². The maximum atomic E-state index is 13.8. The molecular weight excluding hydrogens is 523 g/mol. The van der Waals surface area contributed by atoms with Gasteiger partial charge in [0.2, 0.25) is 5.91 Å². The molecule has 194 valence electrons. The number of rotatable bonds is 5. The molecule has 2 aromatic carbocycles. The Balaban J connectivity index is 1.20. The molecule has 0 N–H and O–H groups in total. The van der Waals surface area contributed by atoms with Crippen LogP contribution in [0.4, 0.5) is 4.39 Å². The second-order valence-corrected chi connectivity index (χ2v) is 11.6. The van der Waals surface area contributed by atoms with E-state index < -0.39 is 0 Å². The molecule has 38 heavy (non-hydrogen) atoms. The van der Waals surface area contributed by atoms with Crippen molar-refractivity contribution in [3.8, 4) is 5.69 Å². The van der Waals surface area contributed by atoms with Crippen molar-refractivity contribution < 1.29 is 13.7 Å². The fourth-order valence-corrected chi connectivity index (χ4v) is 7.01. The number of likely N-dealkylation sites (tertiary alicyclic amines) is 1. The summed E-state index contributed by atoms with van der Waals surface area (Å²) in [5.74, 6) is -0.0405. The molecule has 1 aliphatic rings. The quantitative estimate of drug-likeness (QED) is 0.203. The van der Waals surface area contributed by atoms with Crippen LogP contribution in [-0.4, -0.2) is 44.4 Å². The summed E-state index contributed by atoms with van der Waals surface area (Å²) in [7, 11) is 0. The molecule has 7 nitrogen and oxygen atoms in total. The Kier molecular flexibility index (Phi) is 6.53. The van der Waals surface area contributed by atoms with Crippen LogP contribution >= 0.6 is 23.1 Å². The molecule has 0 saturated carbocycles. The summed E-state index contributed by atoms with van der Waals surface area (Å²) in [6, 6.07) is 13.8. The number of halogens is 1. The maximum absolute atomic E-state index is 13.8. The Hall–Kier alpha value is -3.50. The van der Waals surface area contributed by atoms with Crippen LogP contribution < -0.4 is 5.56 Å². The van der Waals surface area contributed by atoms with Crippen LogP contribution in [-0.2, 0) is 4.79 Å². The van der Waals surface area contributed by atoms with Crippen LogP contribution in [0.25, 0.3) is 26.9 Å². The molecule has 0 aliphatic carbocycles. The van der Waals surface area contributed by atoms with E-state index in [0.29, 0.717) is 39.4 Å². The number of thiophene rings is 1. The molecule has 0 bridgehead atoms. The average molecular weight is 549 g/mol. The number of piperidine rings is 1. The lowest BCUT2D eigenvalue weighted by molar-refractivity contribution is -0.129. The first-order valence-electron chi connectivity index (χ1n) is 12.4. The number of carbonyl (C=O) groups excluding carboxylic acids is 1. The zero-order chi connectivity index (χ0) is 26.4. The number of amides is 1. The van der Waals surface area contributed by atoms with Crippen molar-refractivity contribution in [2.45, 2.75) is 37.8 Å². The molecule has 10 heteroatoms. The van der Waals surface area contributed by atoms with Crippen molar-refractivity contribution in [2.75, 3.05) is 18.8 Å². The van der Waals surface area contributed by atoms with E-state index in [0.717, 1.165) is 34.7 Å². The first kappa shape index (κ1) is 24.8. The van der Waals surface area contributed by atoms with Gasteiger partial charge in [0, 0.05) is 29.3 Å². The average Bonchev–Trinajstić information content (AvgIpc) is 3.47. The van der Waals surface area contributed by atoms with Crippen LogP contribution in [0.3, 0.4) is 0 Å². The van der Waals surface area contributed by atoms with E-state index in [1.807, 2.05) is 49.1 Å². The van der Waals surface area contributed by atoms with E-state index in [4.69, 9.17) is 9.51 Å². The zero-order valence-electron chi connectivity index (χ0n) is 20.9. The fraction of sp³-hybridized carbons (Fsp3) is 0.286. The molecule has 1 fully saturated rings. The van der Waals surface area contributed by atoms with Crippen LogP contribution in [0.1, 0.15) is 34.9 Å². The lowest BCUT2D eigenvalue weighted by Gasteiger charge is -2.31. The number of aromatic nitrogens is 3. The smallest absolute Gasteiger partial charge is 0.267 e. The van der Waals surface area contributed by atoms with Crippen LogP contribution in [0, 0.1) is 19.7 Å². The molecule has 0 unspecified atom stereocenters. The van der Waals surface area contributed by atoms with Crippen LogP contribution in [0.5, 0.6) is 0 Å². The molecule has 1 saturated heterocycles. The van der Waals surface area contributed by atoms with E-state index in [-0.39, 0.29) is 29.0 Å². The van der Waals surface area contributed by atoms with Crippen LogP contribution in [0.2, 0.25) is 0 Å². The highest BCUT2D eigenvalue weighted by atomic mass is 32.2. The van der Waals surface area contributed by atoms with E-state index in [1.54, 1.807) is 10.6 Å². The molecule has 0 atom stereocenters. The standard InChI is InChI=1S/C28H25FN4O3S2/c1-16-17(2)38-26-24(16)27(35)33(20-6-4-3-5-7-20)28(30-26)37-15-23(34)32-12-10-18(11-13-32)25-21-14-19(29)8-9-22(21)36-31-25/h3-9,14,18H,10-13,15H2,1-2H3. The molecule has 4 heterocycles. The minimum atomic E-state index is -0.319. The monoisotopic (exact) mass is 548 g/mol. The van der Waals surface area contributed by atoms with Gasteiger partial charge in [-0.1, -0.05) is 35.1 Å². The Morgan fingerprint density at radius 1 is 1.16 bits per heavy atom. The van der Waals surface area contributed by atoms with Crippen molar-refractivity contribution in [2.24, 2.45) is 0 Å². The minimum absolute atomic E-state index is 0.00277. The van der Waals surface area contributed by atoms with Gasteiger partial charge in [-0.05, 0) is 62.6 Å². The van der Waals surface area contributed by atoms with E-state index in [1.165, 1.54) is 35.2 Å². The number of aryl methyl sites for hydroxylation is 2. The van der Waals surface area contributed by atoms with Crippen molar-refractivity contribution >= 4 is 50.2 Å². The lowest BCUT2D eigenvalue weighted by Crippen LogP contribution is -2.39. The van der Waals surface area contributed by atoms with Gasteiger partial charge in [0.05, 0.1) is 22.5 Å². The Morgan fingerprint density at radius 3 is 2.68 bits per heavy atom. The second-order valence-electron chi connectivity index (χ2n) is 9.49. The third-order valence-electron chi connectivity index (χ3n) is 7.21. The number of para-hydroxylation sites is 1. The van der Waals surface area contributed by atoms with Gasteiger partial charge in [-0.25, -0.2) is 9.37 Å². The first-order valence-corrected chi connectivity index (χ1v) is 14.2. The Morgan fingerprint density at radius 2 is 1.92 bits per heavy atom. The van der Waals surface area contributed by atoms with Gasteiger partial charge in [-0.15, -0.1) is 11.3 Å². The highest BCUT2D eigenvalue weighted by molar-refractivity contribution is 7.99. The van der Waals surface area contributed by atoms with Gasteiger partial charge < -0.3 is 9.42 Å². The number of carbonyl (C=O) groups is 1. The predicted molar refractivity (Wildman–Crippen MR) is 148 cm³/mol. The molecule has 0 spiro atoms. The number of nitrogens with zero attached hydrogens (tertiary/aromatic N) is 4. The summed E-state index contributed by atoms with van der Waals surface area (Å²) < 4.78 is 20.8. The summed E-state index contributed by atoms with van der Waals surface area (Å²) in [5, 5.41) is 6.04. The third kappa shape index (κ3) is 4.41. The maximum Gasteiger partial charge on any atom is 0.267 e. The second kappa shape index (κ2) is 9.99. The van der Waals surface area contributed by atoms with Gasteiger partial charge in [-0.3, -0.25) is 14.2 Å². The van der Waals surface area contributed by atoms with E-state index >= 15 is 0 Å². The number of thioether (sulfide) groups is 1. The summed E-state index contributed by atoms with van der Waals surface area (Å²) in [5.41, 5.74) is 2.89. The number of fused-ring (bicyclic) bond motifs is 2. The number of hydrogen-bond donors (Lipinski definition) is 0. The van der Waals surface area contributed by atoms with E-state index in [2.05, 4.69) is 5.16 Å². The molecule has 1 amide bonds. The summed E-state index contributed by atoms with van der Waals surface area (Å²) in [6.07, 6.45) is 1.45. The normalized spacial score (nSPS) is 14.6. The van der Waals surface area contributed by atoms with Crippen molar-refractivity contribution in [1.82, 2.24) is 19.6 Å². The van der Waals surface area contributed by atoms with Gasteiger partial charge in [-0.2, -0.15) is 0 Å². The van der Waals surface area contributed by atoms with E-state index in [9.17, 15) is 14.0 Å². The number of benzene rings is 2. The molecule has 0 radical (unpaired) electrons. The predicted octanol–water partition coefficient (Wildman–Crippen LogP) is 5.84. The Bertz CT molecular complexity index is 1720. The minimum Gasteiger partial charge on any atom is -0.356 e. The van der Waals surface area contributed by atoms with Gasteiger partial charge in [0.1, 0.15) is 10.6 Å². The number of hydrogen-bond acceptors (Lipinski definition) is 7. The zero-order valence-corrected chi connectivity index (χ0v) is 22.6. The topological polar surface area (TPSA) is 81.2 Å².